The van der Waals surface area contributed by atoms with E-state index >= 15 is 0 Å². The summed E-state index contributed by atoms with van der Waals surface area (Å²) in [6.45, 7) is 7.30. The number of aryl methyl sites for hydroxylation is 1. The molecule has 5 rings (SSSR count). The Morgan fingerprint density at radius 1 is 0.737 bits per heavy atom. The fourth-order valence-electron chi connectivity index (χ4n) is 4.30. The highest BCUT2D eigenvalue weighted by Crippen LogP contribution is 2.22. The van der Waals surface area contributed by atoms with Crippen molar-refractivity contribution in [2.45, 2.75) is 13.8 Å². The zero-order valence-electron chi connectivity index (χ0n) is 21.7. The Hall–Kier alpha value is -4.50. The molecule has 9 heteroatoms. The number of anilines is 6. The van der Waals surface area contributed by atoms with Gasteiger partial charge in [-0.3, -0.25) is 9.69 Å². The fraction of sp³-hybridized carbons (Fsp3) is 0.241. The number of para-hydroxylation sites is 2. The summed E-state index contributed by atoms with van der Waals surface area (Å²) in [7, 11) is 0. The molecule has 1 aromatic heterocycles. The summed E-state index contributed by atoms with van der Waals surface area (Å²) < 4.78 is 0. The van der Waals surface area contributed by atoms with Crippen LogP contribution in [0.1, 0.15) is 11.1 Å². The third-order valence-corrected chi connectivity index (χ3v) is 6.58. The molecule has 9 nitrogen and oxygen atoms in total. The van der Waals surface area contributed by atoms with E-state index in [2.05, 4.69) is 30.7 Å². The Bertz CT molecular complexity index is 1310. The monoisotopic (exact) mass is 508 g/mol. The van der Waals surface area contributed by atoms with Crippen molar-refractivity contribution in [2.24, 2.45) is 0 Å². The maximum absolute atomic E-state index is 12.7. The molecule has 1 saturated heterocycles. The number of benzene rings is 3. The lowest BCUT2D eigenvalue weighted by Gasteiger charge is -2.34. The van der Waals surface area contributed by atoms with Crippen LogP contribution in [0.25, 0.3) is 0 Å². The van der Waals surface area contributed by atoms with Crippen LogP contribution in [-0.2, 0) is 4.79 Å². The predicted octanol–water partition coefficient (Wildman–Crippen LogP) is 4.74. The number of hydrogen-bond donors (Lipinski definition) is 3. The second kappa shape index (κ2) is 11.7. The Labute approximate surface area is 223 Å². The summed E-state index contributed by atoms with van der Waals surface area (Å²) in [6, 6.07) is 25.6. The highest BCUT2D eigenvalue weighted by molar-refractivity contribution is 5.93. The van der Waals surface area contributed by atoms with E-state index in [0.717, 1.165) is 41.3 Å². The van der Waals surface area contributed by atoms with Crippen LogP contribution in [-0.4, -0.2) is 58.5 Å². The van der Waals surface area contributed by atoms with Gasteiger partial charge in [-0.25, -0.2) is 0 Å². The maximum atomic E-state index is 12.7. The molecular weight excluding hydrogens is 476 g/mol. The van der Waals surface area contributed by atoms with Crippen LogP contribution in [0.5, 0.6) is 0 Å². The molecule has 38 heavy (non-hydrogen) atoms. The number of piperazine rings is 1. The number of hydrogen-bond acceptors (Lipinski definition) is 8. The van der Waals surface area contributed by atoms with Gasteiger partial charge in [0.25, 0.3) is 0 Å². The molecule has 1 aliphatic heterocycles. The maximum Gasteiger partial charge on any atom is 0.238 e. The minimum Gasteiger partial charge on any atom is -0.338 e. The van der Waals surface area contributed by atoms with E-state index in [-0.39, 0.29) is 5.91 Å². The van der Waals surface area contributed by atoms with Crippen molar-refractivity contribution in [2.75, 3.05) is 53.6 Å². The number of carbonyl (C=O) groups excluding carboxylic acids is 1. The van der Waals surface area contributed by atoms with Gasteiger partial charge in [0.15, 0.2) is 0 Å². The summed E-state index contributed by atoms with van der Waals surface area (Å²) in [5.41, 5.74) is 4.93. The third kappa shape index (κ3) is 6.43. The van der Waals surface area contributed by atoms with E-state index in [1.165, 1.54) is 0 Å². The first-order valence-corrected chi connectivity index (χ1v) is 12.8. The molecule has 0 saturated carbocycles. The SMILES string of the molecule is Cc1cccc(NC(=O)CN2CCN(c3nc(Nc4ccccc4)nc(Nc4ccccc4)n3)CC2)c1C. The lowest BCUT2D eigenvalue weighted by atomic mass is 10.1. The van der Waals surface area contributed by atoms with Crippen molar-refractivity contribution >= 4 is 40.8 Å². The van der Waals surface area contributed by atoms with E-state index in [9.17, 15) is 4.79 Å². The zero-order chi connectivity index (χ0) is 26.3. The Morgan fingerprint density at radius 2 is 1.32 bits per heavy atom. The first kappa shape index (κ1) is 25.2. The molecule has 194 valence electrons. The van der Waals surface area contributed by atoms with E-state index in [1.54, 1.807) is 0 Å². The van der Waals surface area contributed by atoms with Crippen molar-refractivity contribution in [3.05, 3.63) is 90.0 Å². The molecule has 1 amide bonds. The summed E-state index contributed by atoms with van der Waals surface area (Å²) in [5, 5.41) is 9.63. The number of nitrogens with zero attached hydrogens (tertiary/aromatic N) is 5. The topological polar surface area (TPSA) is 98.3 Å². The standard InChI is InChI=1S/C29H32N8O/c1-21-10-9-15-25(22(21)2)32-26(38)20-36-16-18-37(19-17-36)29-34-27(30-23-11-5-3-6-12-23)33-28(35-29)31-24-13-7-4-8-14-24/h3-15H,16-20H2,1-2H3,(H,32,38)(H2,30,31,33,34,35). The van der Waals surface area contributed by atoms with Crippen LogP contribution in [0.4, 0.5) is 34.9 Å². The predicted molar refractivity (Wildman–Crippen MR) is 152 cm³/mol. The molecule has 3 aromatic carbocycles. The third-order valence-electron chi connectivity index (χ3n) is 6.58. The highest BCUT2D eigenvalue weighted by Gasteiger charge is 2.22. The van der Waals surface area contributed by atoms with Crippen molar-refractivity contribution in [1.82, 2.24) is 19.9 Å². The van der Waals surface area contributed by atoms with Crippen molar-refractivity contribution < 1.29 is 4.79 Å². The number of carbonyl (C=O) groups is 1. The van der Waals surface area contributed by atoms with Gasteiger partial charge >= 0.3 is 0 Å². The van der Waals surface area contributed by atoms with Gasteiger partial charge in [-0.1, -0.05) is 48.5 Å². The first-order valence-electron chi connectivity index (χ1n) is 12.8. The molecule has 0 unspecified atom stereocenters. The molecule has 0 radical (unpaired) electrons. The van der Waals surface area contributed by atoms with Crippen LogP contribution in [0.15, 0.2) is 78.9 Å². The minimum atomic E-state index is -0.00370. The quantitative estimate of drug-likeness (QED) is 0.314. The molecule has 3 N–H and O–H groups in total. The first-order chi connectivity index (χ1) is 18.5. The Balaban J connectivity index is 1.25. The van der Waals surface area contributed by atoms with Gasteiger partial charge in [-0.2, -0.15) is 15.0 Å². The summed E-state index contributed by atoms with van der Waals surface area (Å²) in [6.07, 6.45) is 0. The Morgan fingerprint density at radius 3 is 1.89 bits per heavy atom. The normalized spacial score (nSPS) is 13.7. The fourth-order valence-corrected chi connectivity index (χ4v) is 4.30. The van der Waals surface area contributed by atoms with Crippen LogP contribution in [0.2, 0.25) is 0 Å². The van der Waals surface area contributed by atoms with E-state index in [1.807, 2.05) is 92.7 Å². The molecule has 0 aliphatic carbocycles. The molecule has 0 bridgehead atoms. The molecule has 2 heterocycles. The average molecular weight is 509 g/mol. The van der Waals surface area contributed by atoms with Gasteiger partial charge < -0.3 is 20.9 Å². The summed E-state index contributed by atoms with van der Waals surface area (Å²) in [5.74, 6) is 1.53. The van der Waals surface area contributed by atoms with Crippen molar-refractivity contribution in [3.8, 4) is 0 Å². The molecular formula is C29H32N8O. The summed E-state index contributed by atoms with van der Waals surface area (Å²) in [4.78, 5) is 31.0. The van der Waals surface area contributed by atoms with E-state index in [0.29, 0.717) is 37.5 Å². The van der Waals surface area contributed by atoms with Gasteiger partial charge in [0, 0.05) is 43.2 Å². The Kier molecular flexibility index (Phi) is 7.75. The van der Waals surface area contributed by atoms with Crippen molar-refractivity contribution in [1.29, 1.82) is 0 Å². The number of rotatable bonds is 8. The number of amides is 1. The molecule has 0 spiro atoms. The number of aromatic nitrogens is 3. The van der Waals surface area contributed by atoms with Gasteiger partial charge in [-0.15, -0.1) is 0 Å². The smallest absolute Gasteiger partial charge is 0.238 e. The van der Waals surface area contributed by atoms with Gasteiger partial charge in [0.2, 0.25) is 23.8 Å². The van der Waals surface area contributed by atoms with Crippen LogP contribution >= 0.6 is 0 Å². The van der Waals surface area contributed by atoms with Gasteiger partial charge in [0.05, 0.1) is 6.54 Å². The lowest BCUT2D eigenvalue weighted by molar-refractivity contribution is -0.117. The van der Waals surface area contributed by atoms with Crippen LogP contribution in [0, 0.1) is 13.8 Å². The molecule has 1 fully saturated rings. The average Bonchev–Trinajstić information content (AvgIpc) is 2.93. The largest absolute Gasteiger partial charge is 0.338 e. The minimum absolute atomic E-state index is 0.00370. The molecule has 0 atom stereocenters. The second-order valence-electron chi connectivity index (χ2n) is 9.32. The highest BCUT2D eigenvalue weighted by atomic mass is 16.2. The van der Waals surface area contributed by atoms with Crippen LogP contribution in [0.3, 0.4) is 0 Å². The van der Waals surface area contributed by atoms with Crippen molar-refractivity contribution in [3.63, 3.8) is 0 Å². The second-order valence-corrected chi connectivity index (χ2v) is 9.32. The molecule has 1 aliphatic rings. The zero-order valence-corrected chi connectivity index (χ0v) is 21.7. The lowest BCUT2D eigenvalue weighted by Crippen LogP contribution is -2.49. The van der Waals surface area contributed by atoms with Gasteiger partial charge in [0.1, 0.15) is 0 Å². The van der Waals surface area contributed by atoms with Gasteiger partial charge in [-0.05, 0) is 55.3 Å². The number of nitrogens with one attached hydrogen (secondary N) is 3. The van der Waals surface area contributed by atoms with E-state index in [4.69, 9.17) is 9.97 Å². The molecule has 4 aromatic rings. The van der Waals surface area contributed by atoms with Crippen LogP contribution < -0.4 is 20.9 Å². The van der Waals surface area contributed by atoms with E-state index < -0.39 is 0 Å². The summed E-state index contributed by atoms with van der Waals surface area (Å²) >= 11 is 0.